The molecule has 1 aromatic rings. The Labute approximate surface area is 89.7 Å². The molecular weight excluding hydrogens is 192 g/mol. The van der Waals surface area contributed by atoms with Crippen molar-refractivity contribution in [2.45, 2.75) is 19.9 Å². The van der Waals surface area contributed by atoms with Crippen molar-refractivity contribution in [1.82, 2.24) is 10.3 Å². The summed E-state index contributed by atoms with van der Waals surface area (Å²) in [6.45, 7) is 3.34. The van der Waals surface area contributed by atoms with Gasteiger partial charge in [-0.3, -0.25) is 9.78 Å². The number of aromatic nitrogens is 1. The van der Waals surface area contributed by atoms with Gasteiger partial charge in [0.25, 0.3) is 0 Å². The summed E-state index contributed by atoms with van der Waals surface area (Å²) in [7, 11) is 1.40. The van der Waals surface area contributed by atoms with Gasteiger partial charge in [-0.2, -0.15) is 0 Å². The average Bonchev–Trinajstić information content (AvgIpc) is 2.24. The Bertz CT molecular complexity index is 326. The van der Waals surface area contributed by atoms with Crippen LogP contribution in [0.15, 0.2) is 18.3 Å². The molecule has 1 aromatic heterocycles. The molecule has 1 rings (SSSR count). The lowest BCUT2D eigenvalue weighted by Gasteiger charge is -2.04. The van der Waals surface area contributed by atoms with Crippen molar-refractivity contribution in [3.63, 3.8) is 0 Å². The highest BCUT2D eigenvalue weighted by Gasteiger charge is 1.99. The van der Waals surface area contributed by atoms with E-state index in [2.05, 4.69) is 15.0 Å². The number of nitrogens with zero attached hydrogens (tertiary/aromatic N) is 1. The van der Waals surface area contributed by atoms with Gasteiger partial charge in [-0.15, -0.1) is 0 Å². The molecule has 1 heterocycles. The number of esters is 1. The Kier molecular flexibility index (Phi) is 4.77. The maximum atomic E-state index is 10.8. The summed E-state index contributed by atoms with van der Waals surface area (Å²) in [5.74, 6) is -0.187. The summed E-state index contributed by atoms with van der Waals surface area (Å²) in [4.78, 5) is 14.9. The number of methoxy groups -OCH3 is 1. The summed E-state index contributed by atoms with van der Waals surface area (Å²) in [5.41, 5.74) is 2.18. The highest BCUT2D eigenvalue weighted by atomic mass is 16.5. The number of aryl methyl sites for hydroxylation is 1. The Hall–Kier alpha value is -1.42. The first-order chi connectivity index (χ1) is 7.22. The molecule has 0 aromatic carbocycles. The quantitative estimate of drug-likeness (QED) is 0.580. The second kappa shape index (κ2) is 6.14. The molecule has 0 spiro atoms. The molecule has 0 saturated carbocycles. The fraction of sp³-hybridized carbons (Fsp3) is 0.455. The molecule has 0 aliphatic heterocycles. The van der Waals surface area contributed by atoms with E-state index in [0.29, 0.717) is 13.0 Å². The molecule has 0 atom stereocenters. The van der Waals surface area contributed by atoms with Crippen LogP contribution >= 0.6 is 0 Å². The van der Waals surface area contributed by atoms with Crippen molar-refractivity contribution in [1.29, 1.82) is 0 Å². The first-order valence-corrected chi connectivity index (χ1v) is 4.91. The van der Waals surface area contributed by atoms with Gasteiger partial charge in [-0.1, -0.05) is 0 Å². The fourth-order valence-corrected chi connectivity index (χ4v) is 1.24. The normalized spacial score (nSPS) is 10.0. The van der Waals surface area contributed by atoms with Crippen LogP contribution in [-0.2, 0) is 16.1 Å². The fourth-order valence-electron chi connectivity index (χ4n) is 1.24. The van der Waals surface area contributed by atoms with Gasteiger partial charge in [0.05, 0.1) is 13.5 Å². The summed E-state index contributed by atoms with van der Waals surface area (Å²) in [5, 5.41) is 3.17. The Morgan fingerprint density at radius 2 is 2.40 bits per heavy atom. The molecule has 15 heavy (non-hydrogen) atoms. The second-order valence-electron chi connectivity index (χ2n) is 3.31. The van der Waals surface area contributed by atoms with Crippen molar-refractivity contribution in [2.75, 3.05) is 13.7 Å². The van der Waals surface area contributed by atoms with E-state index in [0.717, 1.165) is 12.2 Å². The molecule has 82 valence electrons. The van der Waals surface area contributed by atoms with E-state index in [-0.39, 0.29) is 5.97 Å². The van der Waals surface area contributed by atoms with Crippen molar-refractivity contribution >= 4 is 5.97 Å². The van der Waals surface area contributed by atoms with Crippen LogP contribution in [0.1, 0.15) is 17.7 Å². The van der Waals surface area contributed by atoms with Crippen molar-refractivity contribution in [3.05, 3.63) is 29.6 Å². The van der Waals surface area contributed by atoms with Crippen molar-refractivity contribution in [3.8, 4) is 0 Å². The summed E-state index contributed by atoms with van der Waals surface area (Å²) < 4.78 is 4.53. The molecule has 0 aliphatic carbocycles. The standard InChI is InChI=1S/C11H16N2O2/c1-9-7-10(3-6-13-9)8-12-5-4-11(14)15-2/h3,6-7,12H,4-5,8H2,1-2H3. The van der Waals surface area contributed by atoms with Gasteiger partial charge < -0.3 is 10.1 Å². The minimum absolute atomic E-state index is 0.187. The van der Waals surface area contributed by atoms with Crippen LogP contribution in [0.3, 0.4) is 0 Å². The van der Waals surface area contributed by atoms with Gasteiger partial charge in [0.15, 0.2) is 0 Å². The van der Waals surface area contributed by atoms with E-state index in [1.165, 1.54) is 12.7 Å². The van der Waals surface area contributed by atoms with Crippen LogP contribution in [-0.4, -0.2) is 24.6 Å². The van der Waals surface area contributed by atoms with Crippen LogP contribution in [0.2, 0.25) is 0 Å². The zero-order chi connectivity index (χ0) is 11.1. The predicted octanol–water partition coefficient (Wildman–Crippen LogP) is 1.04. The number of carbonyl (C=O) groups is 1. The Balaban J connectivity index is 2.23. The largest absolute Gasteiger partial charge is 0.469 e. The third kappa shape index (κ3) is 4.56. The first kappa shape index (κ1) is 11.7. The number of hydrogen-bond acceptors (Lipinski definition) is 4. The Morgan fingerprint density at radius 3 is 3.07 bits per heavy atom. The van der Waals surface area contributed by atoms with E-state index >= 15 is 0 Å². The molecular formula is C11H16N2O2. The van der Waals surface area contributed by atoms with Crippen molar-refractivity contribution < 1.29 is 9.53 Å². The van der Waals surface area contributed by atoms with E-state index in [4.69, 9.17) is 0 Å². The van der Waals surface area contributed by atoms with Gasteiger partial charge in [-0.25, -0.2) is 0 Å². The molecule has 4 heteroatoms. The predicted molar refractivity (Wildman–Crippen MR) is 57.3 cm³/mol. The summed E-state index contributed by atoms with van der Waals surface area (Å²) >= 11 is 0. The molecule has 1 N–H and O–H groups in total. The number of ether oxygens (including phenoxy) is 1. The third-order valence-corrected chi connectivity index (χ3v) is 2.02. The van der Waals surface area contributed by atoms with Crippen LogP contribution in [0.5, 0.6) is 0 Å². The average molecular weight is 208 g/mol. The van der Waals surface area contributed by atoms with E-state index < -0.39 is 0 Å². The lowest BCUT2D eigenvalue weighted by Crippen LogP contribution is -2.18. The number of pyridine rings is 1. The lowest BCUT2D eigenvalue weighted by atomic mass is 10.2. The second-order valence-corrected chi connectivity index (χ2v) is 3.31. The van der Waals surface area contributed by atoms with Crippen LogP contribution in [0, 0.1) is 6.92 Å². The molecule has 0 saturated heterocycles. The lowest BCUT2D eigenvalue weighted by molar-refractivity contribution is -0.140. The highest BCUT2D eigenvalue weighted by molar-refractivity contribution is 5.69. The minimum Gasteiger partial charge on any atom is -0.469 e. The molecule has 0 amide bonds. The van der Waals surface area contributed by atoms with E-state index in [1.54, 1.807) is 6.20 Å². The van der Waals surface area contributed by atoms with Crippen LogP contribution in [0.25, 0.3) is 0 Å². The highest BCUT2D eigenvalue weighted by Crippen LogP contribution is 1.99. The smallest absolute Gasteiger partial charge is 0.306 e. The van der Waals surface area contributed by atoms with E-state index in [9.17, 15) is 4.79 Å². The molecule has 0 unspecified atom stereocenters. The maximum absolute atomic E-state index is 10.8. The number of hydrogen-bond donors (Lipinski definition) is 1. The van der Waals surface area contributed by atoms with Crippen LogP contribution < -0.4 is 5.32 Å². The summed E-state index contributed by atoms with van der Waals surface area (Å²) in [6.07, 6.45) is 2.19. The SMILES string of the molecule is COC(=O)CCNCc1ccnc(C)c1. The Morgan fingerprint density at radius 1 is 1.60 bits per heavy atom. The monoisotopic (exact) mass is 208 g/mol. The van der Waals surface area contributed by atoms with Gasteiger partial charge in [-0.05, 0) is 24.6 Å². The zero-order valence-corrected chi connectivity index (χ0v) is 9.12. The van der Waals surface area contributed by atoms with Gasteiger partial charge in [0.2, 0.25) is 0 Å². The molecule has 0 bridgehead atoms. The van der Waals surface area contributed by atoms with Crippen molar-refractivity contribution in [2.24, 2.45) is 0 Å². The third-order valence-electron chi connectivity index (χ3n) is 2.02. The van der Waals surface area contributed by atoms with Gasteiger partial charge in [0.1, 0.15) is 0 Å². The summed E-state index contributed by atoms with van der Waals surface area (Å²) in [6, 6.07) is 3.98. The molecule has 4 nitrogen and oxygen atoms in total. The molecule has 0 aliphatic rings. The number of rotatable bonds is 5. The topological polar surface area (TPSA) is 51.2 Å². The molecule has 0 fully saturated rings. The van der Waals surface area contributed by atoms with Gasteiger partial charge in [0, 0.05) is 25.0 Å². The van der Waals surface area contributed by atoms with Crippen LogP contribution in [0.4, 0.5) is 0 Å². The number of carbonyl (C=O) groups excluding carboxylic acids is 1. The van der Waals surface area contributed by atoms with Gasteiger partial charge >= 0.3 is 5.97 Å². The first-order valence-electron chi connectivity index (χ1n) is 4.91. The minimum atomic E-state index is -0.187. The zero-order valence-electron chi connectivity index (χ0n) is 9.12. The maximum Gasteiger partial charge on any atom is 0.306 e. The van der Waals surface area contributed by atoms with E-state index in [1.807, 2.05) is 19.1 Å². The molecule has 0 radical (unpaired) electrons. The number of nitrogens with one attached hydrogen (secondary N) is 1.